The molecule has 0 amide bonds. The maximum Gasteiger partial charge on any atom is 0.323 e. The molecule has 0 bridgehead atoms. The fourth-order valence-corrected chi connectivity index (χ4v) is 1.23. The van der Waals surface area contributed by atoms with Gasteiger partial charge in [0.05, 0.1) is 12.7 Å². The van der Waals surface area contributed by atoms with Gasteiger partial charge in [-0.1, -0.05) is 12.1 Å². The molecule has 0 aliphatic heterocycles. The highest BCUT2D eigenvalue weighted by molar-refractivity contribution is 5.99. The van der Waals surface area contributed by atoms with Crippen LogP contribution >= 0.6 is 0 Å². The number of ketones is 1. The molecule has 0 saturated heterocycles. The molecule has 1 unspecified atom stereocenters. The second kappa shape index (κ2) is 5.37. The summed E-state index contributed by atoms with van der Waals surface area (Å²) in [5, 5.41) is 0. The maximum atomic E-state index is 13.2. The number of methoxy groups -OCH3 is 1. The third-order valence-corrected chi connectivity index (χ3v) is 2.08. The molecule has 1 aromatic rings. The molecule has 0 aliphatic carbocycles. The number of esters is 1. The summed E-state index contributed by atoms with van der Waals surface area (Å²) < 4.78 is 17.6. The van der Waals surface area contributed by atoms with Crippen LogP contribution in [0.5, 0.6) is 0 Å². The highest BCUT2D eigenvalue weighted by atomic mass is 19.1. The Balaban J connectivity index is 2.73. The van der Waals surface area contributed by atoms with Crippen LogP contribution in [0.3, 0.4) is 0 Å². The smallest absolute Gasteiger partial charge is 0.323 e. The topological polar surface area (TPSA) is 69.4 Å². The van der Waals surface area contributed by atoms with Gasteiger partial charge in [-0.05, 0) is 12.1 Å². The van der Waals surface area contributed by atoms with E-state index in [4.69, 9.17) is 5.73 Å². The number of hydrogen-bond donors (Lipinski definition) is 1. The third-order valence-electron chi connectivity index (χ3n) is 2.08. The van der Waals surface area contributed by atoms with Gasteiger partial charge in [-0.25, -0.2) is 4.39 Å². The Bertz CT molecular complexity index is 406. The number of Topliss-reactive ketones (excluding diaryl/α,β-unsaturated/α-hetero) is 1. The average molecular weight is 225 g/mol. The Morgan fingerprint density at radius 2 is 2.06 bits per heavy atom. The molecule has 5 heteroatoms. The predicted octanol–water partition coefficient (Wildman–Crippen LogP) is 0.899. The summed E-state index contributed by atoms with van der Waals surface area (Å²) in [6, 6.07) is 4.49. The van der Waals surface area contributed by atoms with Crippen molar-refractivity contribution in [1.29, 1.82) is 0 Å². The summed E-state index contributed by atoms with van der Waals surface area (Å²) in [4.78, 5) is 22.5. The van der Waals surface area contributed by atoms with Gasteiger partial charge < -0.3 is 10.5 Å². The van der Waals surface area contributed by atoms with Gasteiger partial charge in [0.2, 0.25) is 0 Å². The van der Waals surface area contributed by atoms with Crippen molar-refractivity contribution in [2.24, 2.45) is 5.73 Å². The minimum Gasteiger partial charge on any atom is -0.468 e. The first kappa shape index (κ1) is 12.3. The summed E-state index contributed by atoms with van der Waals surface area (Å²) >= 11 is 0. The van der Waals surface area contributed by atoms with Crippen LogP contribution in [0.25, 0.3) is 0 Å². The van der Waals surface area contributed by atoms with E-state index in [0.717, 1.165) is 0 Å². The van der Waals surface area contributed by atoms with Gasteiger partial charge in [0.15, 0.2) is 5.78 Å². The number of benzene rings is 1. The van der Waals surface area contributed by atoms with Crippen molar-refractivity contribution in [2.75, 3.05) is 7.11 Å². The highest BCUT2D eigenvalue weighted by Crippen LogP contribution is 2.10. The lowest BCUT2D eigenvalue weighted by atomic mass is 10.0. The predicted molar refractivity (Wildman–Crippen MR) is 55.3 cm³/mol. The van der Waals surface area contributed by atoms with Crippen LogP contribution in [-0.2, 0) is 9.53 Å². The molecular weight excluding hydrogens is 213 g/mol. The van der Waals surface area contributed by atoms with Crippen LogP contribution in [-0.4, -0.2) is 24.9 Å². The first-order valence-corrected chi connectivity index (χ1v) is 4.67. The molecule has 16 heavy (non-hydrogen) atoms. The first-order valence-electron chi connectivity index (χ1n) is 4.67. The number of carbonyl (C=O) groups is 2. The maximum absolute atomic E-state index is 13.2. The molecule has 0 aliphatic rings. The summed E-state index contributed by atoms with van der Waals surface area (Å²) in [7, 11) is 1.18. The van der Waals surface area contributed by atoms with Crippen LogP contribution in [0.2, 0.25) is 0 Å². The average Bonchev–Trinajstić information content (AvgIpc) is 2.28. The molecule has 0 aromatic heterocycles. The molecular formula is C11H12FNO3. The Labute approximate surface area is 92.2 Å². The molecule has 1 atom stereocenters. The third kappa shape index (κ3) is 2.87. The van der Waals surface area contributed by atoms with Gasteiger partial charge in [-0.15, -0.1) is 0 Å². The van der Waals surface area contributed by atoms with Crippen LogP contribution in [0, 0.1) is 5.82 Å². The van der Waals surface area contributed by atoms with Crippen LogP contribution in [0.4, 0.5) is 4.39 Å². The zero-order valence-corrected chi connectivity index (χ0v) is 8.77. The van der Waals surface area contributed by atoms with Crippen molar-refractivity contribution < 1.29 is 18.7 Å². The van der Waals surface area contributed by atoms with E-state index in [-0.39, 0.29) is 12.0 Å². The largest absolute Gasteiger partial charge is 0.468 e. The number of carbonyl (C=O) groups excluding carboxylic acids is 2. The number of rotatable bonds is 4. The van der Waals surface area contributed by atoms with Gasteiger partial charge in [0, 0.05) is 6.42 Å². The summed E-state index contributed by atoms with van der Waals surface area (Å²) in [6.45, 7) is 0. The van der Waals surface area contributed by atoms with Crippen LogP contribution in [0.15, 0.2) is 24.3 Å². The first-order chi connectivity index (χ1) is 7.56. The summed E-state index contributed by atoms with van der Waals surface area (Å²) in [6.07, 6.45) is -0.270. The van der Waals surface area contributed by atoms with Crippen molar-refractivity contribution in [2.45, 2.75) is 12.5 Å². The van der Waals surface area contributed by atoms with Crippen molar-refractivity contribution in [1.82, 2.24) is 0 Å². The number of ether oxygens (including phenoxy) is 1. The molecule has 86 valence electrons. The fourth-order valence-electron chi connectivity index (χ4n) is 1.23. The summed E-state index contributed by atoms with van der Waals surface area (Å²) in [5.41, 5.74) is 5.33. The summed E-state index contributed by atoms with van der Waals surface area (Å²) in [5.74, 6) is -1.83. The van der Waals surface area contributed by atoms with Gasteiger partial charge in [0.1, 0.15) is 11.9 Å². The molecule has 2 N–H and O–H groups in total. The fraction of sp³-hybridized carbons (Fsp3) is 0.273. The van der Waals surface area contributed by atoms with Gasteiger partial charge in [0.25, 0.3) is 0 Å². The minimum atomic E-state index is -1.06. The Morgan fingerprint density at radius 1 is 1.44 bits per heavy atom. The zero-order chi connectivity index (χ0) is 12.1. The molecule has 1 aromatic carbocycles. The molecule has 0 spiro atoms. The second-order valence-electron chi connectivity index (χ2n) is 3.24. The standard InChI is InChI=1S/C11H12FNO3/c1-16-11(15)9(13)6-10(14)7-4-2-3-5-8(7)12/h2-5,9H,6,13H2,1H3. The van der Waals surface area contributed by atoms with Crippen molar-refractivity contribution in [3.63, 3.8) is 0 Å². The lowest BCUT2D eigenvalue weighted by Crippen LogP contribution is -2.34. The van der Waals surface area contributed by atoms with Gasteiger partial charge >= 0.3 is 5.97 Å². The van der Waals surface area contributed by atoms with Crippen molar-refractivity contribution >= 4 is 11.8 Å². The molecule has 4 nitrogen and oxygen atoms in total. The van der Waals surface area contributed by atoms with Crippen molar-refractivity contribution in [3.05, 3.63) is 35.6 Å². The molecule has 1 rings (SSSR count). The van der Waals surface area contributed by atoms with E-state index in [0.29, 0.717) is 0 Å². The van der Waals surface area contributed by atoms with Crippen molar-refractivity contribution in [3.8, 4) is 0 Å². The van der Waals surface area contributed by atoms with E-state index in [2.05, 4.69) is 4.74 Å². The highest BCUT2D eigenvalue weighted by Gasteiger charge is 2.20. The SMILES string of the molecule is COC(=O)C(N)CC(=O)c1ccccc1F. The Hall–Kier alpha value is -1.75. The van der Waals surface area contributed by atoms with Crippen LogP contribution in [0.1, 0.15) is 16.8 Å². The molecule has 0 heterocycles. The lowest BCUT2D eigenvalue weighted by molar-refractivity contribution is -0.142. The quantitative estimate of drug-likeness (QED) is 0.610. The molecule has 0 fully saturated rings. The normalized spacial score (nSPS) is 11.9. The second-order valence-corrected chi connectivity index (χ2v) is 3.24. The number of halogens is 1. The van der Waals surface area contributed by atoms with E-state index in [1.54, 1.807) is 6.07 Å². The van der Waals surface area contributed by atoms with Gasteiger partial charge in [-0.3, -0.25) is 9.59 Å². The monoisotopic (exact) mass is 225 g/mol. The van der Waals surface area contributed by atoms with E-state index >= 15 is 0 Å². The van der Waals surface area contributed by atoms with Crippen LogP contribution < -0.4 is 5.73 Å². The number of hydrogen-bond acceptors (Lipinski definition) is 4. The van der Waals surface area contributed by atoms with E-state index < -0.39 is 23.6 Å². The minimum absolute atomic E-state index is 0.0677. The van der Waals surface area contributed by atoms with Gasteiger partial charge in [-0.2, -0.15) is 0 Å². The lowest BCUT2D eigenvalue weighted by Gasteiger charge is -2.08. The number of nitrogens with two attached hydrogens (primary N) is 1. The van der Waals surface area contributed by atoms with E-state index in [9.17, 15) is 14.0 Å². The zero-order valence-electron chi connectivity index (χ0n) is 8.77. The Kier molecular flexibility index (Phi) is 4.13. The molecule has 0 radical (unpaired) electrons. The van der Waals surface area contributed by atoms with E-state index in [1.165, 1.54) is 25.3 Å². The van der Waals surface area contributed by atoms with E-state index in [1.807, 2.05) is 0 Å². The molecule has 0 saturated carbocycles. The Morgan fingerprint density at radius 3 is 2.62 bits per heavy atom.